The molecule has 2 aromatic carbocycles. The highest BCUT2D eigenvalue weighted by Crippen LogP contribution is 2.22. The number of phenols is 1. The monoisotopic (exact) mass is 333 g/mol. The van der Waals surface area contributed by atoms with Gasteiger partial charge in [-0.05, 0) is 24.3 Å². The maximum atomic E-state index is 12.7. The summed E-state index contributed by atoms with van der Waals surface area (Å²) in [5, 5.41) is 10.7. The van der Waals surface area contributed by atoms with E-state index >= 15 is 0 Å². The Labute approximate surface area is 146 Å². The van der Waals surface area contributed by atoms with Gasteiger partial charge in [0.15, 0.2) is 0 Å². The normalized spacial score (nSPS) is 14.7. The van der Waals surface area contributed by atoms with E-state index in [0.717, 1.165) is 29.7 Å². The number of piperazine rings is 1. The van der Waals surface area contributed by atoms with Crippen molar-refractivity contribution in [2.24, 2.45) is 0 Å². The lowest BCUT2D eigenvalue weighted by Crippen LogP contribution is -2.49. The van der Waals surface area contributed by atoms with E-state index in [4.69, 9.17) is 0 Å². The number of hydrogen-bond donors (Lipinski definition) is 1. The lowest BCUT2D eigenvalue weighted by atomic mass is 10.2. The summed E-state index contributed by atoms with van der Waals surface area (Å²) in [6.45, 7) is 2.76. The first-order valence-corrected chi connectivity index (χ1v) is 8.40. The molecule has 25 heavy (non-hydrogen) atoms. The maximum absolute atomic E-state index is 12.7. The number of hydrogen-bond acceptors (Lipinski definition) is 4. The molecule has 126 valence electrons. The highest BCUT2D eigenvalue weighted by Gasteiger charge is 2.23. The minimum absolute atomic E-state index is 0.0266. The number of amides is 1. The predicted octanol–water partition coefficient (Wildman–Crippen LogP) is 2.90. The van der Waals surface area contributed by atoms with Crippen LogP contribution in [-0.2, 0) is 0 Å². The quantitative estimate of drug-likeness (QED) is 0.783. The second-order valence-corrected chi connectivity index (χ2v) is 6.19. The van der Waals surface area contributed by atoms with Crippen molar-refractivity contribution < 1.29 is 9.90 Å². The molecule has 1 fully saturated rings. The molecule has 0 bridgehead atoms. The van der Waals surface area contributed by atoms with Gasteiger partial charge in [0.1, 0.15) is 11.4 Å². The Bertz CT molecular complexity index is 917. The number of pyridine rings is 1. The maximum Gasteiger partial charge on any atom is 0.272 e. The highest BCUT2D eigenvalue weighted by atomic mass is 16.3. The summed E-state index contributed by atoms with van der Waals surface area (Å²) in [7, 11) is 0. The van der Waals surface area contributed by atoms with Crippen LogP contribution in [0.3, 0.4) is 0 Å². The molecule has 1 aliphatic heterocycles. The summed E-state index contributed by atoms with van der Waals surface area (Å²) in [5.74, 6) is 0.234. The fraction of sp³-hybridized carbons (Fsp3) is 0.200. The zero-order valence-corrected chi connectivity index (χ0v) is 13.8. The second-order valence-electron chi connectivity index (χ2n) is 6.19. The molecule has 0 unspecified atom stereocenters. The van der Waals surface area contributed by atoms with Gasteiger partial charge in [-0.2, -0.15) is 0 Å². The molecule has 1 saturated heterocycles. The fourth-order valence-corrected chi connectivity index (χ4v) is 3.20. The van der Waals surface area contributed by atoms with Crippen molar-refractivity contribution in [2.75, 3.05) is 31.1 Å². The van der Waals surface area contributed by atoms with Gasteiger partial charge in [-0.3, -0.25) is 4.79 Å². The molecule has 0 saturated carbocycles. The zero-order valence-electron chi connectivity index (χ0n) is 13.8. The molecular formula is C20H19N3O2. The summed E-state index contributed by atoms with van der Waals surface area (Å²) in [6.07, 6.45) is 0. The molecule has 5 heteroatoms. The highest BCUT2D eigenvalue weighted by molar-refractivity contribution is 5.95. The topological polar surface area (TPSA) is 56.7 Å². The van der Waals surface area contributed by atoms with Crippen LogP contribution in [0.2, 0.25) is 0 Å². The van der Waals surface area contributed by atoms with Gasteiger partial charge < -0.3 is 14.9 Å². The lowest BCUT2D eigenvalue weighted by molar-refractivity contribution is 0.0741. The van der Waals surface area contributed by atoms with E-state index in [0.29, 0.717) is 18.8 Å². The number of phenolic OH excluding ortho intramolecular Hbond substituents is 1. The number of fused-ring (bicyclic) bond motifs is 1. The summed E-state index contributed by atoms with van der Waals surface area (Å²) in [6, 6.07) is 18.8. The number of rotatable bonds is 2. The standard InChI is InChI=1S/C20H19N3O2/c24-17-6-3-5-16(14-17)22-10-12-23(13-11-22)20(25)19-9-8-15-4-1-2-7-18(15)21-19/h1-9,14,24H,10-13H2. The fourth-order valence-electron chi connectivity index (χ4n) is 3.20. The Kier molecular flexibility index (Phi) is 3.98. The van der Waals surface area contributed by atoms with Gasteiger partial charge in [0, 0.05) is 43.3 Å². The minimum atomic E-state index is -0.0266. The molecule has 0 radical (unpaired) electrons. The number of nitrogens with zero attached hydrogens (tertiary/aromatic N) is 3. The van der Waals surface area contributed by atoms with Crippen molar-refractivity contribution in [1.82, 2.24) is 9.88 Å². The number of carbonyl (C=O) groups excluding carboxylic acids is 1. The van der Waals surface area contributed by atoms with Crippen molar-refractivity contribution in [3.63, 3.8) is 0 Å². The van der Waals surface area contributed by atoms with Gasteiger partial charge in [0.05, 0.1) is 5.52 Å². The van der Waals surface area contributed by atoms with Crippen molar-refractivity contribution in [2.45, 2.75) is 0 Å². The molecule has 0 aliphatic carbocycles. The summed E-state index contributed by atoms with van der Waals surface area (Å²) in [5.41, 5.74) is 2.31. The van der Waals surface area contributed by atoms with Crippen molar-refractivity contribution in [3.8, 4) is 5.75 Å². The summed E-state index contributed by atoms with van der Waals surface area (Å²) >= 11 is 0. The van der Waals surface area contributed by atoms with E-state index in [1.165, 1.54) is 0 Å². The first-order chi connectivity index (χ1) is 12.2. The number of para-hydroxylation sites is 1. The SMILES string of the molecule is O=C(c1ccc2ccccc2n1)N1CCN(c2cccc(O)c2)CC1. The van der Waals surface area contributed by atoms with Crippen LogP contribution in [0, 0.1) is 0 Å². The molecule has 4 rings (SSSR count). The molecule has 1 N–H and O–H groups in total. The Morgan fingerprint density at radius 1 is 0.920 bits per heavy atom. The third-order valence-electron chi connectivity index (χ3n) is 4.58. The molecule has 1 aromatic heterocycles. The van der Waals surface area contributed by atoms with E-state index in [1.807, 2.05) is 47.4 Å². The van der Waals surface area contributed by atoms with Crippen LogP contribution in [0.4, 0.5) is 5.69 Å². The molecule has 1 aliphatic rings. The van der Waals surface area contributed by atoms with Gasteiger partial charge in [0.25, 0.3) is 5.91 Å². The zero-order chi connectivity index (χ0) is 17.2. The molecule has 0 atom stereocenters. The molecule has 2 heterocycles. The van der Waals surface area contributed by atoms with Crippen LogP contribution < -0.4 is 4.90 Å². The Morgan fingerprint density at radius 2 is 1.72 bits per heavy atom. The predicted molar refractivity (Wildman–Crippen MR) is 98.0 cm³/mol. The number of aromatic nitrogens is 1. The number of anilines is 1. The molecule has 3 aromatic rings. The van der Waals surface area contributed by atoms with Crippen molar-refractivity contribution >= 4 is 22.5 Å². The second kappa shape index (κ2) is 6.43. The van der Waals surface area contributed by atoms with E-state index in [1.54, 1.807) is 18.2 Å². The third kappa shape index (κ3) is 3.13. The number of carbonyl (C=O) groups is 1. The summed E-state index contributed by atoms with van der Waals surface area (Å²) in [4.78, 5) is 21.3. The first-order valence-electron chi connectivity index (χ1n) is 8.40. The van der Waals surface area contributed by atoms with Crippen LogP contribution in [0.25, 0.3) is 10.9 Å². The molecule has 0 spiro atoms. The van der Waals surface area contributed by atoms with Crippen molar-refractivity contribution in [3.05, 3.63) is 66.4 Å². The van der Waals surface area contributed by atoms with Gasteiger partial charge in [-0.1, -0.05) is 30.3 Å². The Balaban J connectivity index is 1.47. The van der Waals surface area contributed by atoms with E-state index < -0.39 is 0 Å². The van der Waals surface area contributed by atoms with Crippen molar-refractivity contribution in [1.29, 1.82) is 0 Å². The van der Waals surface area contributed by atoms with Crippen LogP contribution in [0.5, 0.6) is 5.75 Å². The van der Waals surface area contributed by atoms with E-state index in [9.17, 15) is 9.90 Å². The number of benzene rings is 2. The van der Waals surface area contributed by atoms with Gasteiger partial charge in [0.2, 0.25) is 0 Å². The van der Waals surface area contributed by atoms with Gasteiger partial charge in [-0.15, -0.1) is 0 Å². The minimum Gasteiger partial charge on any atom is -0.508 e. The Morgan fingerprint density at radius 3 is 2.52 bits per heavy atom. The van der Waals surface area contributed by atoms with Gasteiger partial charge in [-0.25, -0.2) is 4.98 Å². The number of aromatic hydroxyl groups is 1. The lowest BCUT2D eigenvalue weighted by Gasteiger charge is -2.36. The third-order valence-corrected chi connectivity index (χ3v) is 4.58. The van der Waals surface area contributed by atoms with Gasteiger partial charge >= 0.3 is 0 Å². The van der Waals surface area contributed by atoms with E-state index in [-0.39, 0.29) is 11.7 Å². The molecular weight excluding hydrogens is 314 g/mol. The molecule has 5 nitrogen and oxygen atoms in total. The van der Waals surface area contributed by atoms with Crippen LogP contribution in [0.15, 0.2) is 60.7 Å². The summed E-state index contributed by atoms with van der Waals surface area (Å²) < 4.78 is 0. The Hall–Kier alpha value is -3.08. The van der Waals surface area contributed by atoms with Crippen LogP contribution in [0.1, 0.15) is 10.5 Å². The van der Waals surface area contributed by atoms with Crippen LogP contribution >= 0.6 is 0 Å². The smallest absolute Gasteiger partial charge is 0.272 e. The first kappa shape index (κ1) is 15.4. The largest absolute Gasteiger partial charge is 0.508 e. The van der Waals surface area contributed by atoms with E-state index in [2.05, 4.69) is 9.88 Å². The average Bonchev–Trinajstić information content (AvgIpc) is 2.67. The van der Waals surface area contributed by atoms with Crippen LogP contribution in [-0.4, -0.2) is 47.1 Å². The average molecular weight is 333 g/mol. The molecule has 1 amide bonds.